The van der Waals surface area contributed by atoms with E-state index in [9.17, 15) is 14.7 Å². The van der Waals surface area contributed by atoms with Crippen molar-refractivity contribution in [3.63, 3.8) is 0 Å². The van der Waals surface area contributed by atoms with E-state index < -0.39 is 11.9 Å². The maximum absolute atomic E-state index is 12.4. The van der Waals surface area contributed by atoms with Crippen LogP contribution in [0.2, 0.25) is 10.0 Å². The van der Waals surface area contributed by atoms with Crippen molar-refractivity contribution in [1.82, 2.24) is 5.43 Å². The number of phenols is 1. The molecule has 9 heteroatoms. The Morgan fingerprint density at radius 3 is 2.42 bits per heavy atom. The van der Waals surface area contributed by atoms with E-state index in [1.165, 1.54) is 61.9 Å². The monoisotopic (exact) mass is 458 g/mol. The Labute approximate surface area is 187 Å². The number of benzene rings is 3. The van der Waals surface area contributed by atoms with Gasteiger partial charge in [0, 0.05) is 10.6 Å². The maximum Gasteiger partial charge on any atom is 0.345 e. The molecule has 0 aliphatic heterocycles. The van der Waals surface area contributed by atoms with E-state index in [-0.39, 0.29) is 27.8 Å². The number of hydrogen-bond donors (Lipinski definition) is 2. The SMILES string of the molecule is COc1cc(/C=N/NC(=O)c2ccc(O)cc2)ccc1OC(=O)c1ccc(Cl)cc1Cl. The Morgan fingerprint density at radius 1 is 1.00 bits per heavy atom. The molecule has 0 aromatic heterocycles. The lowest BCUT2D eigenvalue weighted by atomic mass is 10.2. The normalized spacial score (nSPS) is 10.7. The van der Waals surface area contributed by atoms with Gasteiger partial charge < -0.3 is 14.6 Å². The number of nitrogens with zero attached hydrogens (tertiary/aromatic N) is 1. The molecule has 0 aliphatic rings. The van der Waals surface area contributed by atoms with Gasteiger partial charge in [-0.1, -0.05) is 23.2 Å². The van der Waals surface area contributed by atoms with Gasteiger partial charge >= 0.3 is 5.97 Å². The lowest BCUT2D eigenvalue weighted by Crippen LogP contribution is -2.17. The highest BCUT2D eigenvalue weighted by Gasteiger charge is 2.16. The minimum Gasteiger partial charge on any atom is -0.508 e. The third-order valence-corrected chi connectivity index (χ3v) is 4.60. The zero-order valence-electron chi connectivity index (χ0n) is 16.1. The van der Waals surface area contributed by atoms with Crippen LogP contribution in [0, 0.1) is 0 Å². The molecule has 3 aromatic rings. The fourth-order valence-corrected chi connectivity index (χ4v) is 2.99. The van der Waals surface area contributed by atoms with Gasteiger partial charge in [-0.25, -0.2) is 10.2 Å². The molecule has 158 valence electrons. The fraction of sp³-hybridized carbons (Fsp3) is 0.0455. The zero-order valence-corrected chi connectivity index (χ0v) is 17.6. The first-order valence-corrected chi connectivity index (χ1v) is 9.60. The van der Waals surface area contributed by atoms with Crippen molar-refractivity contribution in [2.45, 2.75) is 0 Å². The van der Waals surface area contributed by atoms with Crippen LogP contribution in [0.15, 0.2) is 65.8 Å². The van der Waals surface area contributed by atoms with E-state index in [1.807, 2.05) is 0 Å². The molecule has 0 aliphatic carbocycles. The number of methoxy groups -OCH3 is 1. The Hall–Kier alpha value is -3.55. The third-order valence-electron chi connectivity index (χ3n) is 4.05. The third kappa shape index (κ3) is 5.75. The average molecular weight is 459 g/mol. The van der Waals surface area contributed by atoms with Crippen LogP contribution in [0.25, 0.3) is 0 Å². The van der Waals surface area contributed by atoms with Gasteiger partial charge in [0.2, 0.25) is 0 Å². The van der Waals surface area contributed by atoms with Gasteiger partial charge in [0.15, 0.2) is 11.5 Å². The summed E-state index contributed by atoms with van der Waals surface area (Å²) in [5.74, 6) is -0.571. The first-order chi connectivity index (χ1) is 14.9. The number of phenolic OH excluding ortho intramolecular Hbond substituents is 1. The Bertz CT molecular complexity index is 1150. The summed E-state index contributed by atoms with van der Waals surface area (Å²) < 4.78 is 10.7. The van der Waals surface area contributed by atoms with Gasteiger partial charge in [0.25, 0.3) is 5.91 Å². The molecule has 3 aromatic carbocycles. The summed E-state index contributed by atoms with van der Waals surface area (Å²) in [7, 11) is 1.43. The number of nitrogens with one attached hydrogen (secondary N) is 1. The van der Waals surface area contributed by atoms with Gasteiger partial charge in [-0.05, 0) is 66.2 Å². The number of hydrazone groups is 1. The number of aromatic hydroxyl groups is 1. The summed E-state index contributed by atoms with van der Waals surface area (Å²) in [6.07, 6.45) is 1.41. The second kappa shape index (κ2) is 9.97. The fourth-order valence-electron chi connectivity index (χ4n) is 2.50. The highest BCUT2D eigenvalue weighted by atomic mass is 35.5. The summed E-state index contributed by atoms with van der Waals surface area (Å²) in [6.45, 7) is 0. The second-order valence-corrected chi connectivity index (χ2v) is 7.01. The van der Waals surface area contributed by atoms with Crippen molar-refractivity contribution in [1.29, 1.82) is 0 Å². The number of rotatable bonds is 6. The van der Waals surface area contributed by atoms with Gasteiger partial charge in [-0.2, -0.15) is 5.10 Å². The molecule has 0 saturated heterocycles. The number of hydrogen-bond acceptors (Lipinski definition) is 6. The molecule has 0 heterocycles. The van der Waals surface area contributed by atoms with Crippen LogP contribution in [-0.2, 0) is 0 Å². The van der Waals surface area contributed by atoms with Crippen LogP contribution in [0.1, 0.15) is 26.3 Å². The Balaban J connectivity index is 1.69. The van der Waals surface area contributed by atoms with Crippen LogP contribution < -0.4 is 14.9 Å². The van der Waals surface area contributed by atoms with E-state index in [2.05, 4.69) is 10.5 Å². The molecule has 2 N–H and O–H groups in total. The van der Waals surface area contributed by atoms with Crippen molar-refractivity contribution >= 4 is 41.3 Å². The summed E-state index contributed by atoms with van der Waals surface area (Å²) in [4.78, 5) is 24.4. The highest BCUT2D eigenvalue weighted by Crippen LogP contribution is 2.30. The van der Waals surface area contributed by atoms with Crippen LogP contribution in [0.3, 0.4) is 0 Å². The number of carbonyl (C=O) groups excluding carboxylic acids is 2. The standard InChI is InChI=1S/C22H16Cl2N2O5/c1-30-20-10-13(12-25-26-21(28)14-3-6-16(27)7-4-14)2-9-19(20)31-22(29)17-8-5-15(23)11-18(17)24/h2-12,27H,1H3,(H,26,28)/b25-12+. The number of halogens is 2. The Kier molecular flexibility index (Phi) is 7.12. The van der Waals surface area contributed by atoms with E-state index in [1.54, 1.807) is 12.1 Å². The Morgan fingerprint density at radius 2 is 1.74 bits per heavy atom. The molecule has 3 rings (SSSR count). The van der Waals surface area contributed by atoms with Crippen LogP contribution in [-0.4, -0.2) is 30.3 Å². The van der Waals surface area contributed by atoms with Gasteiger partial charge in [-0.15, -0.1) is 0 Å². The molecule has 0 saturated carbocycles. The molecule has 0 radical (unpaired) electrons. The van der Waals surface area contributed by atoms with Crippen molar-refractivity contribution < 1.29 is 24.2 Å². The van der Waals surface area contributed by atoms with Crippen molar-refractivity contribution in [3.05, 3.63) is 87.4 Å². The summed E-state index contributed by atoms with van der Waals surface area (Å²) in [5, 5.41) is 13.7. The zero-order chi connectivity index (χ0) is 22.4. The van der Waals surface area contributed by atoms with Crippen molar-refractivity contribution in [2.24, 2.45) is 5.10 Å². The van der Waals surface area contributed by atoms with Gasteiger partial charge in [-0.3, -0.25) is 4.79 Å². The quantitative estimate of drug-likeness (QED) is 0.241. The van der Waals surface area contributed by atoms with Gasteiger partial charge in [0.1, 0.15) is 5.75 Å². The molecule has 0 spiro atoms. The smallest absolute Gasteiger partial charge is 0.345 e. The van der Waals surface area contributed by atoms with Crippen LogP contribution in [0.5, 0.6) is 17.2 Å². The first kappa shape index (κ1) is 22.1. The highest BCUT2D eigenvalue weighted by molar-refractivity contribution is 6.36. The van der Waals surface area contributed by atoms with E-state index >= 15 is 0 Å². The van der Waals surface area contributed by atoms with Crippen molar-refractivity contribution in [3.8, 4) is 17.2 Å². The average Bonchev–Trinajstić information content (AvgIpc) is 2.75. The molecule has 1 amide bonds. The van der Waals surface area contributed by atoms with Crippen LogP contribution >= 0.6 is 23.2 Å². The molecule has 0 atom stereocenters. The van der Waals surface area contributed by atoms with Gasteiger partial charge in [0.05, 0.1) is 23.9 Å². The molecule has 31 heavy (non-hydrogen) atoms. The van der Waals surface area contributed by atoms with Crippen molar-refractivity contribution in [2.75, 3.05) is 7.11 Å². The predicted molar refractivity (Wildman–Crippen MR) is 118 cm³/mol. The second-order valence-electron chi connectivity index (χ2n) is 6.17. The molecular weight excluding hydrogens is 443 g/mol. The molecule has 0 unspecified atom stereocenters. The maximum atomic E-state index is 12.4. The number of ether oxygens (including phenoxy) is 2. The number of carbonyl (C=O) groups is 2. The lowest BCUT2D eigenvalue weighted by Gasteiger charge is -2.10. The van der Waals surface area contributed by atoms with E-state index in [0.29, 0.717) is 16.1 Å². The molecule has 0 bridgehead atoms. The van der Waals surface area contributed by atoms with Crippen LogP contribution in [0.4, 0.5) is 0 Å². The largest absolute Gasteiger partial charge is 0.508 e. The summed E-state index contributed by atoms with van der Waals surface area (Å²) >= 11 is 11.9. The summed E-state index contributed by atoms with van der Waals surface area (Å²) in [6, 6.07) is 14.9. The number of amides is 1. The minimum atomic E-state index is -0.664. The first-order valence-electron chi connectivity index (χ1n) is 8.85. The topological polar surface area (TPSA) is 97.2 Å². The predicted octanol–water partition coefficient (Wildman–Crippen LogP) is 4.69. The molecule has 0 fully saturated rings. The summed E-state index contributed by atoms with van der Waals surface area (Å²) in [5.41, 5.74) is 3.48. The minimum absolute atomic E-state index is 0.0614. The molecular formula is C22H16Cl2N2O5. The lowest BCUT2D eigenvalue weighted by molar-refractivity contribution is 0.0729. The molecule has 7 nitrogen and oxygen atoms in total. The number of esters is 1. The van der Waals surface area contributed by atoms with E-state index in [4.69, 9.17) is 32.7 Å². The van der Waals surface area contributed by atoms with E-state index in [0.717, 1.165) is 0 Å².